The van der Waals surface area contributed by atoms with Gasteiger partial charge < -0.3 is 19.5 Å². The van der Waals surface area contributed by atoms with Gasteiger partial charge in [-0.05, 0) is 12.1 Å². The number of carbonyl (C=O) groups excluding carboxylic acids is 1. The quantitative estimate of drug-likeness (QED) is 0.405. The smallest absolute Gasteiger partial charge is 0.263 e. The predicted octanol–water partition coefficient (Wildman–Crippen LogP) is 1.59. The normalized spacial score (nSPS) is 13.6. The van der Waals surface area contributed by atoms with E-state index in [0.717, 1.165) is 18.8 Å². The van der Waals surface area contributed by atoms with E-state index in [1.807, 2.05) is 30.3 Å². The zero-order chi connectivity index (χ0) is 20.4. The molecule has 0 aliphatic carbocycles. The van der Waals surface area contributed by atoms with Gasteiger partial charge >= 0.3 is 0 Å². The van der Waals surface area contributed by atoms with Gasteiger partial charge in [0, 0.05) is 64.3 Å². The van der Waals surface area contributed by atoms with Gasteiger partial charge in [-0.2, -0.15) is 10.5 Å². The van der Waals surface area contributed by atoms with Gasteiger partial charge in [-0.15, -0.1) is 0 Å². The molecule has 1 aromatic rings. The second kappa shape index (κ2) is 10.6. The first kappa shape index (κ1) is 20.8. The van der Waals surface area contributed by atoms with Crippen LogP contribution in [0.4, 0.5) is 5.69 Å². The SMILES string of the molecule is CN(C)C(CC=NOCC(=O)N1CCN(c2ccccc2)CC1)=C(C#N)C#N. The maximum Gasteiger partial charge on any atom is 0.263 e. The van der Waals surface area contributed by atoms with Gasteiger partial charge in [0.1, 0.15) is 17.7 Å². The van der Waals surface area contributed by atoms with Crippen LogP contribution in [0.15, 0.2) is 46.8 Å². The summed E-state index contributed by atoms with van der Waals surface area (Å²) in [4.78, 5) is 23.1. The molecule has 2 rings (SSSR count). The van der Waals surface area contributed by atoms with E-state index in [9.17, 15) is 4.79 Å². The Labute approximate surface area is 165 Å². The highest BCUT2D eigenvalue weighted by Gasteiger charge is 2.21. The van der Waals surface area contributed by atoms with Crippen LogP contribution < -0.4 is 4.90 Å². The minimum Gasteiger partial charge on any atom is -0.386 e. The summed E-state index contributed by atoms with van der Waals surface area (Å²) in [5, 5.41) is 21.7. The van der Waals surface area contributed by atoms with Crippen LogP contribution in [0.25, 0.3) is 0 Å². The molecule has 28 heavy (non-hydrogen) atoms. The second-order valence-corrected chi connectivity index (χ2v) is 6.41. The Kier molecular flexibility index (Phi) is 7.86. The first-order valence-electron chi connectivity index (χ1n) is 8.99. The molecule has 1 aliphatic rings. The molecule has 0 radical (unpaired) electrons. The molecule has 0 unspecified atom stereocenters. The lowest BCUT2D eigenvalue weighted by atomic mass is 10.2. The lowest BCUT2D eigenvalue weighted by Gasteiger charge is -2.35. The molecule has 0 spiro atoms. The zero-order valence-corrected chi connectivity index (χ0v) is 16.2. The number of benzene rings is 1. The van der Waals surface area contributed by atoms with Crippen molar-refractivity contribution < 1.29 is 9.63 Å². The van der Waals surface area contributed by atoms with Crippen LogP contribution in [0.1, 0.15) is 6.42 Å². The molecule has 146 valence electrons. The fourth-order valence-electron chi connectivity index (χ4n) is 2.88. The van der Waals surface area contributed by atoms with Crippen LogP contribution in [0.3, 0.4) is 0 Å². The summed E-state index contributed by atoms with van der Waals surface area (Å²) in [6.07, 6.45) is 1.72. The molecule has 0 saturated carbocycles. The van der Waals surface area contributed by atoms with Crippen molar-refractivity contribution in [2.45, 2.75) is 6.42 Å². The Balaban J connectivity index is 1.76. The third-order valence-electron chi connectivity index (χ3n) is 4.43. The van der Waals surface area contributed by atoms with Crippen molar-refractivity contribution in [2.24, 2.45) is 5.16 Å². The molecule has 8 heteroatoms. The van der Waals surface area contributed by atoms with E-state index in [2.05, 4.69) is 22.2 Å². The Hall–Kier alpha value is -3.52. The summed E-state index contributed by atoms with van der Waals surface area (Å²) in [5.41, 5.74) is 1.74. The highest BCUT2D eigenvalue weighted by molar-refractivity contribution is 5.78. The average Bonchev–Trinajstić information content (AvgIpc) is 2.73. The molecule has 8 nitrogen and oxygen atoms in total. The highest BCUT2D eigenvalue weighted by Crippen LogP contribution is 2.15. The van der Waals surface area contributed by atoms with E-state index in [1.165, 1.54) is 6.21 Å². The van der Waals surface area contributed by atoms with E-state index >= 15 is 0 Å². The molecular weight excluding hydrogens is 356 g/mol. The van der Waals surface area contributed by atoms with Crippen molar-refractivity contribution in [3.05, 3.63) is 41.6 Å². The number of para-hydroxylation sites is 1. The van der Waals surface area contributed by atoms with Gasteiger partial charge in [0.25, 0.3) is 5.91 Å². The Morgan fingerprint density at radius 3 is 2.39 bits per heavy atom. The largest absolute Gasteiger partial charge is 0.386 e. The number of allylic oxidation sites excluding steroid dienone is 2. The van der Waals surface area contributed by atoms with E-state index in [4.69, 9.17) is 15.4 Å². The van der Waals surface area contributed by atoms with Gasteiger partial charge in [0.05, 0.1) is 0 Å². The number of piperazine rings is 1. The summed E-state index contributed by atoms with van der Waals surface area (Å²) >= 11 is 0. The van der Waals surface area contributed by atoms with Crippen LogP contribution >= 0.6 is 0 Å². The number of amides is 1. The summed E-state index contributed by atoms with van der Waals surface area (Å²) in [6.45, 7) is 2.71. The lowest BCUT2D eigenvalue weighted by Crippen LogP contribution is -2.49. The van der Waals surface area contributed by atoms with Gasteiger partial charge in [-0.25, -0.2) is 0 Å². The topological polar surface area (TPSA) is 96.0 Å². The molecule has 1 saturated heterocycles. The van der Waals surface area contributed by atoms with Crippen LogP contribution in [-0.4, -0.2) is 68.8 Å². The fourth-order valence-corrected chi connectivity index (χ4v) is 2.88. The molecule has 0 atom stereocenters. The fraction of sp³-hybridized carbons (Fsp3) is 0.400. The van der Waals surface area contributed by atoms with E-state index in [1.54, 1.807) is 23.9 Å². The zero-order valence-electron chi connectivity index (χ0n) is 16.2. The molecule has 1 aliphatic heterocycles. The standard InChI is InChI=1S/C20H24N6O2/c1-24(2)19(17(14-21)15-22)8-9-23-28-16-20(27)26-12-10-25(11-13-26)18-6-4-3-5-7-18/h3-7,9H,8,10-13,16H2,1-2H3. The molecule has 0 N–H and O–H groups in total. The number of nitriles is 2. The monoisotopic (exact) mass is 380 g/mol. The third-order valence-corrected chi connectivity index (χ3v) is 4.43. The molecular formula is C20H24N6O2. The van der Waals surface area contributed by atoms with E-state index in [-0.39, 0.29) is 24.5 Å². The van der Waals surface area contributed by atoms with Crippen molar-refractivity contribution in [2.75, 3.05) is 51.8 Å². The molecule has 0 aromatic heterocycles. The molecule has 1 amide bonds. The minimum atomic E-state index is -0.133. The minimum absolute atomic E-state index is 0.0313. The van der Waals surface area contributed by atoms with Gasteiger partial charge in [0.2, 0.25) is 0 Å². The molecule has 1 aromatic carbocycles. The Bertz CT molecular complexity index is 780. The van der Waals surface area contributed by atoms with Crippen molar-refractivity contribution in [1.82, 2.24) is 9.80 Å². The van der Waals surface area contributed by atoms with Crippen molar-refractivity contribution in [3.8, 4) is 12.1 Å². The summed E-state index contributed by atoms with van der Waals surface area (Å²) in [7, 11) is 3.49. The van der Waals surface area contributed by atoms with Crippen LogP contribution in [0, 0.1) is 22.7 Å². The van der Waals surface area contributed by atoms with Gasteiger partial charge in [-0.1, -0.05) is 23.4 Å². The Morgan fingerprint density at radius 2 is 1.82 bits per heavy atom. The highest BCUT2D eigenvalue weighted by atomic mass is 16.6. The summed E-state index contributed by atoms with van der Waals surface area (Å²) in [6, 6.07) is 13.8. The van der Waals surface area contributed by atoms with E-state index in [0.29, 0.717) is 18.8 Å². The molecule has 0 bridgehead atoms. The number of carbonyl (C=O) groups is 1. The maximum absolute atomic E-state index is 12.3. The number of hydrogen-bond acceptors (Lipinski definition) is 7. The number of anilines is 1. The van der Waals surface area contributed by atoms with Crippen molar-refractivity contribution >= 4 is 17.8 Å². The molecule has 1 heterocycles. The molecule has 1 fully saturated rings. The number of nitrogens with zero attached hydrogens (tertiary/aromatic N) is 6. The number of hydrogen-bond donors (Lipinski definition) is 0. The van der Waals surface area contributed by atoms with E-state index < -0.39 is 0 Å². The Morgan fingerprint density at radius 1 is 1.18 bits per heavy atom. The number of rotatable bonds is 7. The maximum atomic E-state index is 12.3. The lowest BCUT2D eigenvalue weighted by molar-refractivity contribution is -0.136. The first-order chi connectivity index (χ1) is 13.6. The van der Waals surface area contributed by atoms with Gasteiger partial charge in [0.15, 0.2) is 6.61 Å². The first-order valence-corrected chi connectivity index (χ1v) is 8.99. The van der Waals surface area contributed by atoms with Crippen molar-refractivity contribution in [3.63, 3.8) is 0 Å². The van der Waals surface area contributed by atoms with Crippen LogP contribution in [0.2, 0.25) is 0 Å². The summed E-state index contributed by atoms with van der Waals surface area (Å²) < 4.78 is 0. The third kappa shape index (κ3) is 5.75. The van der Waals surface area contributed by atoms with Crippen LogP contribution in [0.5, 0.6) is 0 Å². The predicted molar refractivity (Wildman–Crippen MR) is 106 cm³/mol. The second-order valence-electron chi connectivity index (χ2n) is 6.41. The average molecular weight is 380 g/mol. The summed E-state index contributed by atoms with van der Waals surface area (Å²) in [5.74, 6) is -0.108. The number of oxime groups is 1. The van der Waals surface area contributed by atoms with Crippen molar-refractivity contribution in [1.29, 1.82) is 10.5 Å². The van der Waals surface area contributed by atoms with Crippen LogP contribution in [-0.2, 0) is 9.63 Å². The van der Waals surface area contributed by atoms with Gasteiger partial charge in [-0.3, -0.25) is 4.79 Å².